The largest absolute Gasteiger partial charge is 0.481 e. The van der Waals surface area contributed by atoms with Gasteiger partial charge in [0, 0.05) is 6.42 Å². The molecule has 1 rings (SSSR count). The Kier molecular flexibility index (Phi) is 10.9. The first-order chi connectivity index (χ1) is 15.5. The van der Waals surface area contributed by atoms with E-state index in [2.05, 4.69) is 16.0 Å². The number of nitrogens with two attached hydrogens (primary N) is 1. The summed E-state index contributed by atoms with van der Waals surface area (Å²) in [6.07, 6.45) is -2.23. The number of aliphatic hydroxyl groups excluding tert-OH is 2. The van der Waals surface area contributed by atoms with Crippen LogP contribution in [0.4, 0.5) is 0 Å². The zero-order valence-electron chi connectivity index (χ0n) is 17.8. The topological polar surface area (TPSA) is 228 Å². The third kappa shape index (κ3) is 9.22. The van der Waals surface area contributed by atoms with Crippen molar-refractivity contribution in [1.82, 2.24) is 16.0 Å². The zero-order chi connectivity index (χ0) is 25.1. The number of nitrogens with one attached hydrogen (secondary N) is 3. The van der Waals surface area contributed by atoms with Crippen molar-refractivity contribution in [2.75, 3.05) is 6.61 Å². The van der Waals surface area contributed by atoms with E-state index in [0.29, 0.717) is 5.56 Å². The van der Waals surface area contributed by atoms with Crippen LogP contribution < -0.4 is 21.7 Å². The fraction of sp³-hybridized carbons (Fsp3) is 0.450. The minimum absolute atomic E-state index is 0.100. The number of hydrogen-bond acceptors (Lipinski definition) is 8. The monoisotopic (exact) mass is 468 g/mol. The van der Waals surface area contributed by atoms with Crippen molar-refractivity contribution in [1.29, 1.82) is 0 Å². The van der Waals surface area contributed by atoms with Gasteiger partial charge in [0.2, 0.25) is 17.7 Å². The first-order valence-corrected chi connectivity index (χ1v) is 9.90. The van der Waals surface area contributed by atoms with Crippen molar-refractivity contribution in [3.05, 3.63) is 35.9 Å². The van der Waals surface area contributed by atoms with Crippen molar-refractivity contribution in [3.8, 4) is 0 Å². The molecule has 1 aromatic carbocycles. The number of amides is 3. The number of rotatable bonds is 13. The molecule has 0 radical (unpaired) electrons. The molecule has 33 heavy (non-hydrogen) atoms. The Bertz CT molecular complexity index is 847. The average molecular weight is 468 g/mol. The maximum absolute atomic E-state index is 12.8. The highest BCUT2D eigenvalue weighted by molar-refractivity contribution is 5.95. The fourth-order valence-corrected chi connectivity index (χ4v) is 2.66. The molecule has 0 aliphatic carbocycles. The van der Waals surface area contributed by atoms with Crippen molar-refractivity contribution in [3.63, 3.8) is 0 Å². The van der Waals surface area contributed by atoms with Crippen molar-refractivity contribution >= 4 is 29.7 Å². The molecule has 0 spiro atoms. The van der Waals surface area contributed by atoms with Crippen LogP contribution in [-0.2, 0) is 30.4 Å². The summed E-state index contributed by atoms with van der Waals surface area (Å²) in [6.45, 7) is 0.332. The molecule has 0 aromatic heterocycles. The maximum atomic E-state index is 12.8. The summed E-state index contributed by atoms with van der Waals surface area (Å²) in [5.41, 5.74) is 6.09. The molecule has 0 bridgehead atoms. The highest BCUT2D eigenvalue weighted by Crippen LogP contribution is 2.06. The molecule has 5 atom stereocenters. The van der Waals surface area contributed by atoms with Gasteiger partial charge in [0.1, 0.15) is 24.2 Å². The van der Waals surface area contributed by atoms with Crippen LogP contribution >= 0.6 is 0 Å². The van der Waals surface area contributed by atoms with Crippen LogP contribution in [0.3, 0.4) is 0 Å². The Balaban J connectivity index is 3.10. The van der Waals surface area contributed by atoms with E-state index in [4.69, 9.17) is 21.1 Å². The van der Waals surface area contributed by atoms with Gasteiger partial charge >= 0.3 is 11.9 Å². The Morgan fingerprint density at radius 3 is 1.88 bits per heavy atom. The number of benzene rings is 1. The second-order valence-corrected chi connectivity index (χ2v) is 7.26. The van der Waals surface area contributed by atoms with E-state index in [-0.39, 0.29) is 6.42 Å². The summed E-state index contributed by atoms with van der Waals surface area (Å²) in [5.74, 6) is -5.91. The van der Waals surface area contributed by atoms with Crippen molar-refractivity contribution in [2.24, 2.45) is 5.73 Å². The molecule has 5 unspecified atom stereocenters. The van der Waals surface area contributed by atoms with Gasteiger partial charge in [-0.1, -0.05) is 30.3 Å². The van der Waals surface area contributed by atoms with Gasteiger partial charge in [-0.2, -0.15) is 0 Å². The summed E-state index contributed by atoms with van der Waals surface area (Å²) in [6, 6.07) is 2.27. The third-order valence-electron chi connectivity index (χ3n) is 4.55. The van der Waals surface area contributed by atoms with Crippen molar-refractivity contribution in [2.45, 2.75) is 50.0 Å². The standard InChI is InChI=1S/C20H28N4O9/c1-10(26)16(21)19(31)23-13(8-15(27)28)18(30)22-12(7-11-5-3-2-4-6-11)17(29)24-14(9-25)20(32)33/h2-6,10,12-14,16,25-26H,7-9,21H2,1H3,(H,22,30)(H,23,31)(H,24,29)(H,27,28)(H,32,33). The molecule has 13 heteroatoms. The molecule has 0 saturated carbocycles. The van der Waals surface area contributed by atoms with E-state index >= 15 is 0 Å². The van der Waals surface area contributed by atoms with E-state index < -0.39 is 73.0 Å². The van der Waals surface area contributed by atoms with Crippen LogP contribution in [0.2, 0.25) is 0 Å². The Morgan fingerprint density at radius 1 is 0.879 bits per heavy atom. The maximum Gasteiger partial charge on any atom is 0.328 e. The van der Waals surface area contributed by atoms with Gasteiger partial charge in [-0.15, -0.1) is 0 Å². The third-order valence-corrected chi connectivity index (χ3v) is 4.55. The molecular weight excluding hydrogens is 440 g/mol. The second kappa shape index (κ2) is 13.1. The lowest BCUT2D eigenvalue weighted by Gasteiger charge is -2.25. The number of carboxylic acids is 2. The smallest absolute Gasteiger partial charge is 0.328 e. The minimum Gasteiger partial charge on any atom is -0.481 e. The predicted molar refractivity (Wildman–Crippen MR) is 113 cm³/mol. The zero-order valence-corrected chi connectivity index (χ0v) is 17.8. The fourth-order valence-electron chi connectivity index (χ4n) is 2.66. The Hall–Kier alpha value is -3.55. The number of carboxylic acid groups (broad SMARTS) is 2. The summed E-state index contributed by atoms with van der Waals surface area (Å²) in [5, 5.41) is 43.3. The molecule has 0 fully saturated rings. The summed E-state index contributed by atoms with van der Waals surface area (Å²) >= 11 is 0. The van der Waals surface area contributed by atoms with Gasteiger partial charge in [0.15, 0.2) is 0 Å². The quantitative estimate of drug-likeness (QED) is 0.146. The summed E-state index contributed by atoms with van der Waals surface area (Å²) in [7, 11) is 0. The van der Waals surface area contributed by atoms with Crippen LogP contribution in [0, 0.1) is 0 Å². The minimum atomic E-state index is -1.64. The molecule has 0 aliphatic rings. The number of carbonyl (C=O) groups is 5. The Labute approximate surface area is 189 Å². The van der Waals surface area contributed by atoms with Crippen LogP contribution in [0.25, 0.3) is 0 Å². The molecular formula is C20H28N4O9. The number of carbonyl (C=O) groups excluding carboxylic acids is 3. The molecule has 0 saturated heterocycles. The average Bonchev–Trinajstić information content (AvgIpc) is 2.75. The van der Waals surface area contributed by atoms with E-state index in [1.165, 1.54) is 6.92 Å². The molecule has 9 N–H and O–H groups in total. The van der Waals surface area contributed by atoms with Crippen molar-refractivity contribution < 1.29 is 44.4 Å². The van der Waals surface area contributed by atoms with Crippen LogP contribution in [0.5, 0.6) is 0 Å². The molecule has 182 valence electrons. The highest BCUT2D eigenvalue weighted by Gasteiger charge is 2.32. The lowest BCUT2D eigenvalue weighted by Crippen LogP contribution is -2.59. The molecule has 0 heterocycles. The van der Waals surface area contributed by atoms with Crippen LogP contribution in [0.1, 0.15) is 18.9 Å². The van der Waals surface area contributed by atoms with E-state index in [9.17, 15) is 29.1 Å². The van der Waals surface area contributed by atoms with Gasteiger partial charge in [0.25, 0.3) is 0 Å². The van der Waals surface area contributed by atoms with Gasteiger partial charge in [-0.3, -0.25) is 19.2 Å². The van der Waals surface area contributed by atoms with E-state index in [0.717, 1.165) is 0 Å². The van der Waals surface area contributed by atoms with Crippen LogP contribution in [0.15, 0.2) is 30.3 Å². The summed E-state index contributed by atoms with van der Waals surface area (Å²) in [4.78, 5) is 59.9. The Morgan fingerprint density at radius 2 is 1.39 bits per heavy atom. The SMILES string of the molecule is CC(O)C(N)C(=O)NC(CC(=O)O)C(=O)NC(Cc1ccccc1)C(=O)NC(CO)C(=O)O. The van der Waals surface area contributed by atoms with Gasteiger partial charge in [-0.05, 0) is 12.5 Å². The molecule has 0 aliphatic heterocycles. The van der Waals surface area contributed by atoms with E-state index in [1.807, 2.05) is 0 Å². The second-order valence-electron chi connectivity index (χ2n) is 7.26. The lowest BCUT2D eigenvalue weighted by molar-refractivity contribution is -0.144. The first-order valence-electron chi connectivity index (χ1n) is 9.90. The first kappa shape index (κ1) is 27.5. The highest BCUT2D eigenvalue weighted by atomic mass is 16.4. The molecule has 13 nitrogen and oxygen atoms in total. The predicted octanol–water partition coefficient (Wildman–Crippen LogP) is -3.06. The lowest BCUT2D eigenvalue weighted by atomic mass is 10.0. The van der Waals surface area contributed by atoms with E-state index in [1.54, 1.807) is 30.3 Å². The molecule has 3 amide bonds. The normalized spacial score (nSPS) is 15.3. The van der Waals surface area contributed by atoms with Gasteiger partial charge < -0.3 is 42.1 Å². The molecule has 1 aromatic rings. The number of aliphatic hydroxyl groups is 2. The number of aliphatic carboxylic acids is 2. The van der Waals surface area contributed by atoms with Crippen LogP contribution in [-0.4, -0.2) is 87.0 Å². The van der Waals surface area contributed by atoms with Gasteiger partial charge in [-0.25, -0.2) is 4.79 Å². The number of hydrogen-bond donors (Lipinski definition) is 8. The van der Waals surface area contributed by atoms with Gasteiger partial charge in [0.05, 0.1) is 19.1 Å². The summed E-state index contributed by atoms with van der Waals surface area (Å²) < 4.78 is 0.